The molecule has 148 valence electrons. The van der Waals surface area contributed by atoms with Gasteiger partial charge in [0, 0.05) is 21.0 Å². The van der Waals surface area contributed by atoms with E-state index in [9.17, 15) is 0 Å². The number of hydrogen-bond donors (Lipinski definition) is 1. The van der Waals surface area contributed by atoms with E-state index in [-0.39, 0.29) is 0 Å². The first kappa shape index (κ1) is 20.3. The minimum atomic E-state index is 0.483. The van der Waals surface area contributed by atoms with Crippen molar-refractivity contribution in [2.45, 2.75) is 32.6 Å². The number of rotatable bonds is 6. The summed E-state index contributed by atoms with van der Waals surface area (Å²) >= 11 is 13.7. The lowest BCUT2D eigenvalue weighted by Crippen LogP contribution is -2.09. The molecule has 2 nitrogen and oxygen atoms in total. The molecule has 2 aromatic carbocycles. The zero-order valence-electron chi connectivity index (χ0n) is 16.4. The number of nitrogens with one attached hydrogen (secondary N) is 1. The van der Waals surface area contributed by atoms with E-state index in [0.717, 1.165) is 46.1 Å². The van der Waals surface area contributed by atoms with Crippen LogP contribution in [-0.4, -0.2) is 17.2 Å². The highest BCUT2D eigenvalue weighted by molar-refractivity contribution is 7.80. The molecule has 0 saturated carbocycles. The first-order valence-corrected chi connectivity index (χ1v) is 11.5. The first-order valence-electron chi connectivity index (χ1n) is 9.94. The highest BCUT2D eigenvalue weighted by Crippen LogP contribution is 2.34. The molecule has 2 heterocycles. The summed E-state index contributed by atoms with van der Waals surface area (Å²) in [5.41, 5.74) is 5.76. The van der Waals surface area contributed by atoms with E-state index in [4.69, 9.17) is 28.8 Å². The molecule has 0 aliphatic carbocycles. The van der Waals surface area contributed by atoms with Crippen molar-refractivity contribution in [1.29, 1.82) is 0 Å². The molecule has 1 aliphatic heterocycles. The molecular weight excluding hydrogens is 416 g/mol. The van der Waals surface area contributed by atoms with E-state index < -0.39 is 0 Å². The van der Waals surface area contributed by atoms with Crippen molar-refractivity contribution in [3.8, 4) is 0 Å². The van der Waals surface area contributed by atoms with Crippen molar-refractivity contribution < 1.29 is 0 Å². The van der Waals surface area contributed by atoms with Crippen LogP contribution in [0.25, 0.3) is 0 Å². The Kier molecular flexibility index (Phi) is 6.43. The average Bonchev–Trinajstić information content (AvgIpc) is 3.04. The van der Waals surface area contributed by atoms with Gasteiger partial charge in [-0.05, 0) is 42.5 Å². The molecule has 1 aliphatic rings. The predicted octanol–water partition coefficient (Wildman–Crippen LogP) is 6.73. The number of halogens is 1. The predicted molar refractivity (Wildman–Crippen MR) is 130 cm³/mol. The quantitative estimate of drug-likeness (QED) is 0.431. The second-order valence-electron chi connectivity index (χ2n) is 7.21. The van der Waals surface area contributed by atoms with Crippen LogP contribution in [0.5, 0.6) is 0 Å². The van der Waals surface area contributed by atoms with Gasteiger partial charge in [0.2, 0.25) is 0 Å². The molecule has 0 spiro atoms. The van der Waals surface area contributed by atoms with Crippen LogP contribution in [0.3, 0.4) is 0 Å². The number of aryl methyl sites for hydroxylation is 3. The van der Waals surface area contributed by atoms with Crippen LogP contribution >= 0.6 is 35.2 Å². The summed E-state index contributed by atoms with van der Waals surface area (Å²) in [6.07, 6.45) is 4.35. The summed E-state index contributed by atoms with van der Waals surface area (Å²) in [5.74, 6) is 0. The standard InChI is InChI=1S/C24H23ClN2S2/c1-2-5-16-8-10-17(11-9-16)12-13-18-14-20-23(19-6-3-4-7-21(19)25)26-15-22(28)27-24(20)29-18/h3-4,6-11,14H,2,5,12-13,15H2,1H3,(H,27,28). The highest BCUT2D eigenvalue weighted by atomic mass is 35.5. The number of hydrogen-bond acceptors (Lipinski definition) is 3. The van der Waals surface area contributed by atoms with Gasteiger partial charge in [0.1, 0.15) is 9.99 Å². The van der Waals surface area contributed by atoms with Crippen LogP contribution in [0.1, 0.15) is 40.5 Å². The summed E-state index contributed by atoms with van der Waals surface area (Å²) in [6, 6.07) is 19.1. The third-order valence-corrected chi connectivity index (χ3v) is 6.69. The van der Waals surface area contributed by atoms with Crippen LogP contribution in [0.2, 0.25) is 5.02 Å². The maximum Gasteiger partial charge on any atom is 0.103 e. The van der Waals surface area contributed by atoms with Crippen molar-refractivity contribution in [3.63, 3.8) is 0 Å². The summed E-state index contributed by atoms with van der Waals surface area (Å²) < 4.78 is 0. The van der Waals surface area contributed by atoms with Crippen LogP contribution in [0.4, 0.5) is 5.00 Å². The molecular formula is C24H23ClN2S2. The fourth-order valence-corrected chi connectivity index (χ4v) is 5.09. The molecule has 1 aromatic heterocycles. The highest BCUT2D eigenvalue weighted by Gasteiger charge is 2.21. The fraction of sp³-hybridized carbons (Fsp3) is 0.250. The summed E-state index contributed by atoms with van der Waals surface area (Å²) in [4.78, 5) is 6.84. The van der Waals surface area contributed by atoms with Crippen LogP contribution in [0.15, 0.2) is 59.6 Å². The van der Waals surface area contributed by atoms with Crippen molar-refractivity contribution in [2.75, 3.05) is 11.9 Å². The fourth-order valence-electron chi connectivity index (χ4n) is 3.55. The molecule has 0 fully saturated rings. The topological polar surface area (TPSA) is 24.4 Å². The molecule has 0 amide bonds. The largest absolute Gasteiger partial charge is 0.340 e. The number of aliphatic imine (C=N–C) groups is 1. The molecule has 0 atom stereocenters. The van der Waals surface area contributed by atoms with E-state index in [1.54, 1.807) is 11.3 Å². The molecule has 5 heteroatoms. The summed E-state index contributed by atoms with van der Waals surface area (Å²) in [6.45, 7) is 2.70. The third kappa shape index (κ3) is 4.77. The molecule has 0 bridgehead atoms. The Bertz CT molecular complexity index is 1050. The Hall–Kier alpha value is -2.01. The van der Waals surface area contributed by atoms with Crippen molar-refractivity contribution >= 4 is 50.9 Å². The van der Waals surface area contributed by atoms with Gasteiger partial charge in [-0.2, -0.15) is 0 Å². The molecule has 29 heavy (non-hydrogen) atoms. The Morgan fingerprint density at radius 1 is 1.00 bits per heavy atom. The van der Waals surface area contributed by atoms with E-state index in [2.05, 4.69) is 42.6 Å². The molecule has 0 unspecified atom stereocenters. The van der Waals surface area contributed by atoms with E-state index in [0.29, 0.717) is 11.6 Å². The van der Waals surface area contributed by atoms with Gasteiger partial charge in [-0.25, -0.2) is 0 Å². The minimum absolute atomic E-state index is 0.483. The second kappa shape index (κ2) is 9.21. The van der Waals surface area contributed by atoms with Gasteiger partial charge in [-0.1, -0.05) is 79.6 Å². The lowest BCUT2D eigenvalue weighted by Gasteiger charge is -2.07. The zero-order valence-corrected chi connectivity index (χ0v) is 18.8. The van der Waals surface area contributed by atoms with Gasteiger partial charge in [0.15, 0.2) is 0 Å². The van der Waals surface area contributed by atoms with Crippen LogP contribution in [-0.2, 0) is 19.3 Å². The number of anilines is 1. The van der Waals surface area contributed by atoms with Crippen LogP contribution < -0.4 is 5.32 Å². The maximum atomic E-state index is 6.47. The normalized spacial score (nSPS) is 13.4. The minimum Gasteiger partial charge on any atom is -0.340 e. The molecule has 4 rings (SSSR count). The van der Waals surface area contributed by atoms with Crippen molar-refractivity contribution in [1.82, 2.24) is 0 Å². The van der Waals surface area contributed by atoms with Gasteiger partial charge in [0.05, 0.1) is 12.3 Å². The number of fused-ring (bicyclic) bond motifs is 1. The summed E-state index contributed by atoms with van der Waals surface area (Å²) in [7, 11) is 0. The number of nitrogens with zero attached hydrogens (tertiary/aromatic N) is 1. The average molecular weight is 439 g/mol. The first-order chi connectivity index (χ1) is 14.1. The van der Waals surface area contributed by atoms with Gasteiger partial charge in [-0.15, -0.1) is 11.3 Å². The number of benzene rings is 2. The van der Waals surface area contributed by atoms with Gasteiger partial charge in [-0.3, -0.25) is 4.99 Å². The molecule has 0 saturated heterocycles. The van der Waals surface area contributed by atoms with Gasteiger partial charge < -0.3 is 5.32 Å². The Morgan fingerprint density at radius 3 is 2.45 bits per heavy atom. The maximum absolute atomic E-state index is 6.47. The molecule has 1 N–H and O–H groups in total. The van der Waals surface area contributed by atoms with Crippen molar-refractivity contribution in [2.24, 2.45) is 4.99 Å². The van der Waals surface area contributed by atoms with E-state index in [1.807, 2.05) is 24.3 Å². The van der Waals surface area contributed by atoms with Gasteiger partial charge in [0.25, 0.3) is 0 Å². The number of thiocarbonyl (C=S) groups is 1. The van der Waals surface area contributed by atoms with Crippen molar-refractivity contribution in [3.05, 3.63) is 86.8 Å². The Morgan fingerprint density at radius 2 is 1.72 bits per heavy atom. The monoisotopic (exact) mass is 438 g/mol. The molecule has 3 aromatic rings. The number of thiophene rings is 1. The SMILES string of the molecule is CCCc1ccc(CCc2cc3c(s2)NC(=S)CN=C3c2ccccc2Cl)cc1. The van der Waals surface area contributed by atoms with E-state index >= 15 is 0 Å². The lowest BCUT2D eigenvalue weighted by molar-refractivity contribution is 0.916. The van der Waals surface area contributed by atoms with Gasteiger partial charge >= 0.3 is 0 Å². The smallest absolute Gasteiger partial charge is 0.103 e. The van der Waals surface area contributed by atoms with E-state index in [1.165, 1.54) is 22.4 Å². The second-order valence-corrected chi connectivity index (χ2v) is 9.25. The third-order valence-electron chi connectivity index (χ3n) is 5.02. The Balaban J connectivity index is 1.57. The Labute approximate surface area is 186 Å². The molecule has 0 radical (unpaired) electrons. The summed E-state index contributed by atoms with van der Waals surface area (Å²) in [5, 5.41) is 5.16. The van der Waals surface area contributed by atoms with Crippen LogP contribution in [0, 0.1) is 0 Å². The lowest BCUT2D eigenvalue weighted by atomic mass is 10.0. The zero-order chi connectivity index (χ0) is 20.2.